The number of ether oxygens (including phenoxy) is 3. The van der Waals surface area contributed by atoms with Crippen LogP contribution in [0.2, 0.25) is 0 Å². The molecule has 16 nitrogen and oxygen atoms in total. The van der Waals surface area contributed by atoms with Crippen LogP contribution in [0.3, 0.4) is 0 Å². The number of nitrogens with zero attached hydrogens (tertiary/aromatic N) is 4. The SMILES string of the molecule is CCOC(=O)CCN(C)C(=O)c1ccc(NC(c2oc3ccc(OCc4ccncc4)cc3c2C)C2CCCCC2)cc1.Cc1c(C(Nc2ccc(C(=O)N(C)CCC(=O)O)cc2)C2CCCCC2)oc2ccc(OCc3ccncc3)cc12. The monoisotopic (exact) mass is 1140 g/mol. The Morgan fingerprint density at radius 3 is 1.37 bits per heavy atom. The number of carboxylic acids is 1. The molecule has 0 saturated heterocycles. The summed E-state index contributed by atoms with van der Waals surface area (Å²) in [4.78, 5) is 59.4. The summed E-state index contributed by atoms with van der Waals surface area (Å²) >= 11 is 0. The Kier molecular flexibility index (Phi) is 20.7. The highest BCUT2D eigenvalue weighted by Crippen LogP contribution is 2.43. The number of aliphatic carboxylic acids is 1. The van der Waals surface area contributed by atoms with Crippen LogP contribution in [0.25, 0.3) is 21.9 Å². The van der Waals surface area contributed by atoms with E-state index in [0.29, 0.717) is 49.3 Å². The number of rotatable bonds is 23. The Labute approximate surface area is 491 Å². The van der Waals surface area contributed by atoms with Crippen molar-refractivity contribution < 1.29 is 47.3 Å². The summed E-state index contributed by atoms with van der Waals surface area (Å²) in [5.41, 5.74) is 8.96. The molecule has 2 aliphatic rings. The molecule has 10 rings (SSSR count). The molecular formula is C68H78N6O10. The lowest BCUT2D eigenvalue weighted by atomic mass is 9.82. The first-order chi connectivity index (χ1) is 40.8. The summed E-state index contributed by atoms with van der Waals surface area (Å²) in [5.74, 6) is 2.79. The van der Waals surface area contributed by atoms with E-state index in [4.69, 9.17) is 28.2 Å². The fourth-order valence-electron chi connectivity index (χ4n) is 11.4. The van der Waals surface area contributed by atoms with E-state index in [2.05, 4.69) is 46.6 Å². The van der Waals surface area contributed by atoms with Crippen molar-refractivity contribution in [3.8, 4) is 11.5 Å². The summed E-state index contributed by atoms with van der Waals surface area (Å²) in [6.45, 7) is 7.76. The fraction of sp³-hybridized carbons (Fsp3) is 0.382. The van der Waals surface area contributed by atoms with Gasteiger partial charge in [0, 0.05) is 96.4 Å². The van der Waals surface area contributed by atoms with Crippen molar-refractivity contribution in [2.75, 3.05) is 44.4 Å². The number of benzene rings is 4. The lowest BCUT2D eigenvalue weighted by Crippen LogP contribution is -2.29. The average molecular weight is 1140 g/mol. The average Bonchev–Trinajstić information content (AvgIpc) is 4.16. The number of hydrogen-bond acceptors (Lipinski definition) is 13. The molecular weight excluding hydrogens is 1060 g/mol. The van der Waals surface area contributed by atoms with E-state index < -0.39 is 5.97 Å². The van der Waals surface area contributed by atoms with Gasteiger partial charge in [0.2, 0.25) is 0 Å². The zero-order valence-corrected chi connectivity index (χ0v) is 48.9. The molecule has 84 heavy (non-hydrogen) atoms. The van der Waals surface area contributed by atoms with Crippen molar-refractivity contribution in [1.82, 2.24) is 19.8 Å². The van der Waals surface area contributed by atoms with Crippen LogP contribution in [0, 0.1) is 25.7 Å². The van der Waals surface area contributed by atoms with Gasteiger partial charge in [-0.2, -0.15) is 0 Å². The molecule has 0 aliphatic heterocycles. The third kappa shape index (κ3) is 15.7. The molecule has 2 atom stereocenters. The Balaban J connectivity index is 0.000000202. The van der Waals surface area contributed by atoms with Gasteiger partial charge in [0.1, 0.15) is 47.4 Å². The Bertz CT molecular complexity index is 3440. The van der Waals surface area contributed by atoms with E-state index in [1.54, 1.807) is 62.8 Å². The molecule has 440 valence electrons. The summed E-state index contributed by atoms with van der Waals surface area (Å²) in [5, 5.41) is 18.5. The molecule has 2 fully saturated rings. The summed E-state index contributed by atoms with van der Waals surface area (Å²) in [6, 6.07) is 34.8. The summed E-state index contributed by atoms with van der Waals surface area (Å²) in [6.07, 6.45) is 19.0. The lowest BCUT2D eigenvalue weighted by Gasteiger charge is -2.31. The number of carboxylic acid groups (broad SMARTS) is 1. The second-order valence-corrected chi connectivity index (χ2v) is 22.1. The minimum Gasteiger partial charge on any atom is -0.489 e. The molecule has 4 aromatic heterocycles. The number of aromatic nitrogens is 2. The van der Waals surface area contributed by atoms with Crippen LogP contribution in [0.1, 0.15) is 151 Å². The Morgan fingerprint density at radius 2 is 0.976 bits per heavy atom. The van der Waals surface area contributed by atoms with Crippen LogP contribution in [-0.4, -0.2) is 82.4 Å². The summed E-state index contributed by atoms with van der Waals surface area (Å²) < 4.78 is 30.2. The summed E-state index contributed by atoms with van der Waals surface area (Å²) in [7, 11) is 3.32. The molecule has 2 saturated carbocycles. The van der Waals surface area contributed by atoms with Crippen LogP contribution in [0.15, 0.2) is 143 Å². The van der Waals surface area contributed by atoms with Crippen LogP contribution in [0.5, 0.6) is 11.5 Å². The van der Waals surface area contributed by atoms with Gasteiger partial charge in [-0.3, -0.25) is 29.1 Å². The Morgan fingerprint density at radius 1 is 0.571 bits per heavy atom. The van der Waals surface area contributed by atoms with Gasteiger partial charge in [-0.25, -0.2) is 0 Å². The van der Waals surface area contributed by atoms with Crippen molar-refractivity contribution in [3.05, 3.63) is 179 Å². The van der Waals surface area contributed by atoms with Crippen molar-refractivity contribution in [2.45, 2.75) is 123 Å². The normalized spacial score (nSPS) is 14.4. The second-order valence-electron chi connectivity index (χ2n) is 22.1. The number of fused-ring (bicyclic) bond motifs is 2. The highest BCUT2D eigenvalue weighted by Gasteiger charge is 2.32. The number of esters is 1. The van der Waals surface area contributed by atoms with Crippen LogP contribution < -0.4 is 20.1 Å². The first-order valence-electron chi connectivity index (χ1n) is 29.5. The smallest absolute Gasteiger partial charge is 0.307 e. The number of aryl methyl sites for hydroxylation is 2. The maximum atomic E-state index is 12.9. The second kappa shape index (κ2) is 29.0. The molecule has 2 amide bonds. The van der Waals surface area contributed by atoms with Gasteiger partial charge in [-0.15, -0.1) is 0 Å². The first-order valence-corrected chi connectivity index (χ1v) is 29.5. The van der Waals surface area contributed by atoms with E-state index in [1.165, 1.54) is 43.4 Å². The molecule has 2 unspecified atom stereocenters. The third-order valence-electron chi connectivity index (χ3n) is 16.2. The quantitative estimate of drug-likeness (QED) is 0.0511. The van der Waals surface area contributed by atoms with Gasteiger partial charge in [0.25, 0.3) is 11.8 Å². The molecule has 8 aromatic rings. The maximum Gasteiger partial charge on any atom is 0.307 e. The number of furan rings is 2. The van der Waals surface area contributed by atoms with Crippen LogP contribution in [-0.2, 0) is 27.5 Å². The van der Waals surface area contributed by atoms with Gasteiger partial charge in [0.15, 0.2) is 0 Å². The van der Waals surface area contributed by atoms with Gasteiger partial charge >= 0.3 is 11.9 Å². The Hall–Kier alpha value is -8.66. The standard InChI is InChI=1S/C35H41N3O5.C33H37N3O5/c1-4-41-32(39)18-21-38(3)35(40)27-10-12-28(13-11-27)37-33(26-8-6-5-7-9-26)34-24(2)30-22-29(14-15-31(30)43-34)42-23-25-16-19-36-20-17-25;1-22-28-20-27(40-21-23-14-17-34-18-15-23)12-13-29(28)41-32(22)31(24-6-4-3-5-7-24)35-26-10-8-25(9-11-26)33(39)36(2)19-16-30(37)38/h10-17,19-20,22,26,33,37H,4-9,18,21,23H2,1-3H3;8-15,17-18,20,24,31,35H,3-7,16,19,21H2,1-2H3,(H,37,38). The zero-order valence-electron chi connectivity index (χ0n) is 48.9. The topological polar surface area (TPSA) is 199 Å². The predicted molar refractivity (Wildman–Crippen MR) is 325 cm³/mol. The number of amides is 2. The fourth-order valence-corrected chi connectivity index (χ4v) is 11.4. The number of carbonyl (C=O) groups is 4. The minimum atomic E-state index is -0.924. The number of carbonyl (C=O) groups excluding carboxylic acids is 3. The lowest BCUT2D eigenvalue weighted by molar-refractivity contribution is -0.143. The zero-order chi connectivity index (χ0) is 59.0. The van der Waals surface area contributed by atoms with Crippen LogP contribution >= 0.6 is 0 Å². The van der Waals surface area contributed by atoms with E-state index in [9.17, 15) is 19.2 Å². The first kappa shape index (κ1) is 59.9. The number of pyridine rings is 2. The highest BCUT2D eigenvalue weighted by molar-refractivity contribution is 5.95. The molecule has 0 spiro atoms. The number of hydrogen-bond donors (Lipinski definition) is 3. The van der Waals surface area contributed by atoms with Crippen molar-refractivity contribution in [1.29, 1.82) is 0 Å². The largest absolute Gasteiger partial charge is 0.489 e. The van der Waals surface area contributed by atoms with Gasteiger partial charge in [-0.05, 0) is 179 Å². The van der Waals surface area contributed by atoms with E-state index in [-0.39, 0.29) is 49.3 Å². The maximum absolute atomic E-state index is 12.9. The molecule has 16 heteroatoms. The van der Waals surface area contributed by atoms with Crippen molar-refractivity contribution in [3.63, 3.8) is 0 Å². The molecule has 4 heterocycles. The highest BCUT2D eigenvalue weighted by atomic mass is 16.5. The van der Waals surface area contributed by atoms with Crippen molar-refractivity contribution in [2.24, 2.45) is 11.8 Å². The van der Waals surface area contributed by atoms with Crippen molar-refractivity contribution >= 4 is 57.1 Å². The van der Waals surface area contributed by atoms with E-state index >= 15 is 0 Å². The van der Waals surface area contributed by atoms with E-state index in [1.807, 2.05) is 84.9 Å². The van der Waals surface area contributed by atoms with Gasteiger partial charge in [0.05, 0.1) is 31.5 Å². The number of anilines is 2. The predicted octanol–water partition coefficient (Wildman–Crippen LogP) is 14.5. The number of nitrogens with one attached hydrogen (secondary N) is 2. The molecule has 2 aliphatic carbocycles. The molecule has 0 radical (unpaired) electrons. The minimum absolute atomic E-state index is 0.00249. The van der Waals surface area contributed by atoms with Crippen LogP contribution in [0.4, 0.5) is 11.4 Å². The van der Waals surface area contributed by atoms with Gasteiger partial charge in [-0.1, -0.05) is 38.5 Å². The third-order valence-corrected chi connectivity index (χ3v) is 16.2. The molecule has 3 N–H and O–H groups in total. The van der Waals surface area contributed by atoms with E-state index in [0.717, 1.165) is 104 Å². The molecule has 4 aromatic carbocycles. The van der Waals surface area contributed by atoms with Gasteiger partial charge < -0.3 is 48.6 Å². The molecule has 0 bridgehead atoms.